The standard InChI is InChI=1S/C17H18N2O3/c1-12-7-3-6-10-16(12)22-11-17(21)19-18-13(2)14-8-4-5-9-15(14)20/h3-10,20H,11H2,1-2H3,(H,19,21)/b18-13+. The smallest absolute Gasteiger partial charge is 0.277 e. The molecule has 0 aliphatic heterocycles. The Hall–Kier alpha value is -2.82. The van der Waals surface area contributed by atoms with Crippen molar-refractivity contribution in [2.24, 2.45) is 5.10 Å². The molecule has 5 heteroatoms. The molecule has 0 saturated heterocycles. The van der Waals surface area contributed by atoms with Gasteiger partial charge in [0.2, 0.25) is 0 Å². The van der Waals surface area contributed by atoms with Gasteiger partial charge in [0.25, 0.3) is 5.91 Å². The number of nitrogens with zero attached hydrogens (tertiary/aromatic N) is 1. The van der Waals surface area contributed by atoms with E-state index >= 15 is 0 Å². The number of phenolic OH excluding ortho intramolecular Hbond substituents is 1. The van der Waals surface area contributed by atoms with Crippen LogP contribution in [0.3, 0.4) is 0 Å². The van der Waals surface area contributed by atoms with E-state index in [1.807, 2.05) is 25.1 Å². The van der Waals surface area contributed by atoms with E-state index in [-0.39, 0.29) is 18.3 Å². The van der Waals surface area contributed by atoms with Crippen LogP contribution in [0.5, 0.6) is 11.5 Å². The normalized spacial score (nSPS) is 11.1. The zero-order valence-electron chi connectivity index (χ0n) is 12.5. The Morgan fingerprint density at radius 1 is 1.18 bits per heavy atom. The van der Waals surface area contributed by atoms with E-state index in [0.29, 0.717) is 17.0 Å². The number of aromatic hydroxyl groups is 1. The van der Waals surface area contributed by atoms with Crippen LogP contribution in [0.1, 0.15) is 18.1 Å². The van der Waals surface area contributed by atoms with Crippen LogP contribution >= 0.6 is 0 Å². The van der Waals surface area contributed by atoms with Crippen molar-refractivity contribution >= 4 is 11.6 Å². The fourth-order valence-electron chi connectivity index (χ4n) is 1.88. The van der Waals surface area contributed by atoms with Gasteiger partial charge in [0.15, 0.2) is 6.61 Å². The second-order valence-electron chi connectivity index (χ2n) is 4.80. The number of carbonyl (C=O) groups excluding carboxylic acids is 1. The third-order valence-corrected chi connectivity index (χ3v) is 3.09. The second kappa shape index (κ2) is 7.26. The van der Waals surface area contributed by atoms with E-state index in [9.17, 15) is 9.90 Å². The molecule has 0 radical (unpaired) electrons. The predicted octanol–water partition coefficient (Wildman–Crippen LogP) is 2.62. The Morgan fingerprint density at radius 2 is 1.86 bits per heavy atom. The molecule has 22 heavy (non-hydrogen) atoms. The topological polar surface area (TPSA) is 70.9 Å². The van der Waals surface area contributed by atoms with Gasteiger partial charge in [0.1, 0.15) is 11.5 Å². The average Bonchev–Trinajstić information content (AvgIpc) is 2.52. The molecule has 0 unspecified atom stereocenters. The molecule has 2 aromatic rings. The molecule has 0 heterocycles. The molecule has 0 bridgehead atoms. The number of hydrogen-bond donors (Lipinski definition) is 2. The highest BCUT2D eigenvalue weighted by molar-refractivity contribution is 6.01. The summed E-state index contributed by atoms with van der Waals surface area (Å²) in [5.41, 5.74) is 4.46. The van der Waals surface area contributed by atoms with Gasteiger partial charge >= 0.3 is 0 Å². The molecule has 0 fully saturated rings. The van der Waals surface area contributed by atoms with Crippen LogP contribution in [0.2, 0.25) is 0 Å². The number of benzene rings is 2. The average molecular weight is 298 g/mol. The summed E-state index contributed by atoms with van der Waals surface area (Å²) in [5, 5.41) is 13.7. The number of aryl methyl sites for hydroxylation is 1. The molecule has 0 aliphatic carbocycles. The zero-order chi connectivity index (χ0) is 15.9. The van der Waals surface area contributed by atoms with Crippen LogP contribution in [0.15, 0.2) is 53.6 Å². The molecule has 2 N–H and O–H groups in total. The largest absolute Gasteiger partial charge is 0.507 e. The maximum absolute atomic E-state index is 11.7. The van der Waals surface area contributed by atoms with Gasteiger partial charge in [-0.05, 0) is 37.6 Å². The lowest BCUT2D eigenvalue weighted by molar-refractivity contribution is -0.123. The summed E-state index contributed by atoms with van der Waals surface area (Å²) >= 11 is 0. The molecule has 0 atom stereocenters. The van der Waals surface area contributed by atoms with Crippen molar-refractivity contribution in [3.8, 4) is 11.5 Å². The van der Waals surface area contributed by atoms with E-state index in [2.05, 4.69) is 10.5 Å². The Morgan fingerprint density at radius 3 is 2.59 bits per heavy atom. The second-order valence-corrected chi connectivity index (χ2v) is 4.80. The quantitative estimate of drug-likeness (QED) is 0.658. The van der Waals surface area contributed by atoms with Crippen molar-refractivity contribution in [2.45, 2.75) is 13.8 Å². The summed E-state index contributed by atoms with van der Waals surface area (Å²) in [6.07, 6.45) is 0. The van der Waals surface area contributed by atoms with Crippen LogP contribution in [0, 0.1) is 6.92 Å². The highest BCUT2D eigenvalue weighted by Gasteiger charge is 2.06. The van der Waals surface area contributed by atoms with Crippen molar-refractivity contribution in [1.82, 2.24) is 5.43 Å². The molecule has 0 saturated carbocycles. The molecule has 5 nitrogen and oxygen atoms in total. The van der Waals surface area contributed by atoms with Crippen molar-refractivity contribution in [2.75, 3.05) is 6.61 Å². The highest BCUT2D eigenvalue weighted by Crippen LogP contribution is 2.17. The third kappa shape index (κ3) is 4.09. The van der Waals surface area contributed by atoms with E-state index in [0.717, 1.165) is 5.56 Å². The minimum atomic E-state index is -0.363. The number of phenols is 1. The number of hydrogen-bond acceptors (Lipinski definition) is 4. The van der Waals surface area contributed by atoms with Gasteiger partial charge in [-0.15, -0.1) is 0 Å². The summed E-state index contributed by atoms with van der Waals surface area (Å²) < 4.78 is 5.43. The summed E-state index contributed by atoms with van der Waals surface area (Å²) in [4.78, 5) is 11.7. The number of amides is 1. The van der Waals surface area contributed by atoms with Gasteiger partial charge < -0.3 is 9.84 Å². The van der Waals surface area contributed by atoms with Crippen molar-refractivity contribution in [1.29, 1.82) is 0 Å². The summed E-state index contributed by atoms with van der Waals surface area (Å²) in [6, 6.07) is 14.3. The van der Waals surface area contributed by atoms with Crippen LogP contribution < -0.4 is 10.2 Å². The first-order valence-corrected chi connectivity index (χ1v) is 6.88. The Kier molecular flexibility index (Phi) is 5.14. The zero-order valence-corrected chi connectivity index (χ0v) is 12.5. The number of ether oxygens (including phenoxy) is 1. The Balaban J connectivity index is 1.91. The number of rotatable bonds is 5. The lowest BCUT2D eigenvalue weighted by Crippen LogP contribution is -2.25. The number of para-hydroxylation sites is 2. The Labute approximate surface area is 129 Å². The van der Waals surface area contributed by atoms with Gasteiger partial charge in [0.05, 0.1) is 5.71 Å². The molecule has 0 spiro atoms. The van der Waals surface area contributed by atoms with Crippen molar-refractivity contribution in [3.63, 3.8) is 0 Å². The SMILES string of the molecule is C/C(=N\NC(=O)COc1ccccc1C)c1ccccc1O. The fraction of sp³-hybridized carbons (Fsp3) is 0.176. The molecule has 114 valence electrons. The molecule has 2 rings (SSSR count). The third-order valence-electron chi connectivity index (χ3n) is 3.09. The summed E-state index contributed by atoms with van der Waals surface area (Å²) in [5.74, 6) is 0.422. The van der Waals surface area contributed by atoms with E-state index < -0.39 is 0 Å². The van der Waals surface area contributed by atoms with Gasteiger partial charge in [-0.1, -0.05) is 30.3 Å². The first-order valence-electron chi connectivity index (χ1n) is 6.88. The van der Waals surface area contributed by atoms with Crippen LogP contribution in [-0.4, -0.2) is 23.3 Å². The van der Waals surface area contributed by atoms with Crippen LogP contribution in [-0.2, 0) is 4.79 Å². The van der Waals surface area contributed by atoms with Crippen LogP contribution in [0.4, 0.5) is 0 Å². The predicted molar refractivity (Wildman–Crippen MR) is 85.1 cm³/mol. The van der Waals surface area contributed by atoms with Gasteiger partial charge in [-0.3, -0.25) is 4.79 Å². The van der Waals surface area contributed by atoms with Gasteiger partial charge in [0, 0.05) is 5.56 Å². The maximum Gasteiger partial charge on any atom is 0.277 e. The molecular weight excluding hydrogens is 280 g/mol. The van der Waals surface area contributed by atoms with E-state index in [4.69, 9.17) is 4.74 Å². The maximum atomic E-state index is 11.7. The number of hydrazone groups is 1. The van der Waals surface area contributed by atoms with Crippen LogP contribution in [0.25, 0.3) is 0 Å². The monoisotopic (exact) mass is 298 g/mol. The van der Waals surface area contributed by atoms with Crippen molar-refractivity contribution < 1.29 is 14.6 Å². The molecule has 0 aromatic heterocycles. The first-order chi connectivity index (χ1) is 10.6. The summed E-state index contributed by atoms with van der Waals surface area (Å²) in [7, 11) is 0. The number of nitrogens with one attached hydrogen (secondary N) is 1. The fourth-order valence-corrected chi connectivity index (χ4v) is 1.88. The molecule has 0 aliphatic rings. The van der Waals surface area contributed by atoms with Crippen molar-refractivity contribution in [3.05, 3.63) is 59.7 Å². The molecule has 2 aromatic carbocycles. The Bertz CT molecular complexity index is 696. The molecule has 1 amide bonds. The van der Waals surface area contributed by atoms with Gasteiger partial charge in [-0.2, -0.15) is 5.10 Å². The van der Waals surface area contributed by atoms with Gasteiger partial charge in [-0.25, -0.2) is 5.43 Å². The minimum Gasteiger partial charge on any atom is -0.507 e. The first kappa shape index (κ1) is 15.6. The lowest BCUT2D eigenvalue weighted by Gasteiger charge is -2.08. The highest BCUT2D eigenvalue weighted by atomic mass is 16.5. The lowest BCUT2D eigenvalue weighted by atomic mass is 10.1. The van der Waals surface area contributed by atoms with E-state index in [1.54, 1.807) is 37.3 Å². The van der Waals surface area contributed by atoms with E-state index in [1.165, 1.54) is 0 Å². The number of carbonyl (C=O) groups is 1. The molecular formula is C17H18N2O3. The minimum absolute atomic E-state index is 0.120. The summed E-state index contributed by atoms with van der Waals surface area (Å²) in [6.45, 7) is 3.49.